The molecule has 0 bridgehead atoms. The quantitative estimate of drug-likeness (QED) is 0.118. The molecule has 0 aliphatic carbocycles. The number of ether oxygens (including phenoxy) is 1. The van der Waals surface area contributed by atoms with E-state index in [2.05, 4.69) is 15.6 Å². The number of alkyl halides is 3. The zero-order valence-electron chi connectivity index (χ0n) is 24.6. The Balaban J connectivity index is 1.44. The molecule has 14 heteroatoms. The highest BCUT2D eigenvalue weighted by atomic mass is 35.5. The van der Waals surface area contributed by atoms with E-state index in [0.717, 1.165) is 19.2 Å². The number of amides is 1. The lowest BCUT2D eigenvalue weighted by molar-refractivity contribution is -0.144. The molecule has 1 heterocycles. The average Bonchev–Trinajstić information content (AvgIpc) is 3.03. The molecular formula is C34H23Cl2F6N3O3. The van der Waals surface area contributed by atoms with Crippen LogP contribution in [0.3, 0.4) is 0 Å². The number of aromatic nitrogens is 1. The molecule has 5 aromatic rings. The van der Waals surface area contributed by atoms with E-state index in [9.17, 15) is 27.2 Å². The highest BCUT2D eigenvalue weighted by Gasteiger charge is 2.41. The van der Waals surface area contributed by atoms with Gasteiger partial charge in [0.05, 0.1) is 22.7 Å². The van der Waals surface area contributed by atoms with Crippen molar-refractivity contribution in [1.29, 1.82) is 0 Å². The number of anilines is 1. The number of hydrogen-bond acceptors (Lipinski definition) is 5. The first-order chi connectivity index (χ1) is 22.8. The first kappa shape index (κ1) is 34.5. The molecule has 1 unspecified atom stereocenters. The van der Waals surface area contributed by atoms with Gasteiger partial charge in [-0.25, -0.2) is 18.0 Å². The molecule has 1 aromatic heterocycles. The van der Waals surface area contributed by atoms with Crippen molar-refractivity contribution in [3.8, 4) is 11.1 Å². The molecular weight excluding hydrogens is 683 g/mol. The van der Waals surface area contributed by atoms with Gasteiger partial charge in [0.1, 0.15) is 35.1 Å². The zero-order chi connectivity index (χ0) is 34.7. The van der Waals surface area contributed by atoms with Gasteiger partial charge >= 0.3 is 12.1 Å². The molecule has 0 fully saturated rings. The molecule has 0 radical (unpaired) electrons. The number of fused-ring (bicyclic) bond motifs is 1. The summed E-state index contributed by atoms with van der Waals surface area (Å²) < 4.78 is 90.4. The van der Waals surface area contributed by atoms with Crippen LogP contribution in [0.1, 0.15) is 27.5 Å². The standard InChI is InChI=1S/C34H23Cl2F6N3O3/c1-48-33(47)27(12-18-9-10-21(22-8-5-11-43-30(18)22)28-23(35)13-19(37)14-24(28)36)45-32(46)29-25(38)15-20(16-26(29)39)44-31(34(40,41)42)17-6-3-2-4-7-17/h2-11,13-16,27,31,44H,12H2,1H3,(H,45,46)/t27?,31-/m1/s1. The molecule has 248 valence electrons. The minimum absolute atomic E-state index is 0.0388. The number of benzene rings is 4. The van der Waals surface area contributed by atoms with Gasteiger partial charge in [-0.3, -0.25) is 9.78 Å². The number of halogens is 8. The van der Waals surface area contributed by atoms with Crippen molar-refractivity contribution in [2.75, 3.05) is 12.4 Å². The highest BCUT2D eigenvalue weighted by molar-refractivity contribution is 6.39. The Morgan fingerprint density at radius 2 is 1.54 bits per heavy atom. The van der Waals surface area contributed by atoms with E-state index in [1.165, 1.54) is 36.5 Å². The summed E-state index contributed by atoms with van der Waals surface area (Å²) in [5.41, 5.74) is -0.330. The minimum atomic E-state index is -4.83. The van der Waals surface area contributed by atoms with Gasteiger partial charge in [0, 0.05) is 29.3 Å². The van der Waals surface area contributed by atoms with Crippen LogP contribution in [0.2, 0.25) is 10.0 Å². The van der Waals surface area contributed by atoms with Gasteiger partial charge in [0.15, 0.2) is 0 Å². The number of nitrogens with zero attached hydrogens (tertiary/aromatic N) is 1. The fraction of sp³-hybridized carbons (Fsp3) is 0.147. The Morgan fingerprint density at radius 3 is 2.15 bits per heavy atom. The van der Waals surface area contributed by atoms with E-state index in [-0.39, 0.29) is 22.0 Å². The van der Waals surface area contributed by atoms with Crippen molar-refractivity contribution in [2.45, 2.75) is 24.7 Å². The van der Waals surface area contributed by atoms with Crippen molar-refractivity contribution in [3.05, 3.63) is 129 Å². The molecule has 0 aliphatic heterocycles. The van der Waals surface area contributed by atoms with E-state index < -0.39 is 58.8 Å². The van der Waals surface area contributed by atoms with Crippen molar-refractivity contribution in [3.63, 3.8) is 0 Å². The van der Waals surface area contributed by atoms with Crippen LogP contribution in [-0.4, -0.2) is 36.2 Å². The molecule has 48 heavy (non-hydrogen) atoms. The second kappa shape index (κ2) is 14.1. The number of carbonyl (C=O) groups excluding carboxylic acids is 2. The number of carbonyl (C=O) groups is 2. The SMILES string of the molecule is COC(=O)C(Cc1ccc(-c2c(Cl)cc(F)cc2Cl)c2cccnc12)NC(=O)c1c(F)cc(N[C@H](c2ccccc2)C(F)(F)F)cc1F. The summed E-state index contributed by atoms with van der Waals surface area (Å²) in [6, 6.07) is 12.7. The van der Waals surface area contributed by atoms with Crippen molar-refractivity contribution >= 4 is 51.7 Å². The minimum Gasteiger partial charge on any atom is -0.467 e. The molecule has 2 atom stereocenters. The maximum atomic E-state index is 15.2. The van der Waals surface area contributed by atoms with Gasteiger partial charge in [-0.15, -0.1) is 0 Å². The van der Waals surface area contributed by atoms with Crippen LogP contribution >= 0.6 is 23.2 Å². The summed E-state index contributed by atoms with van der Waals surface area (Å²) in [6.07, 6.45) is -3.62. The van der Waals surface area contributed by atoms with Crippen LogP contribution in [0.15, 0.2) is 85.1 Å². The lowest BCUT2D eigenvalue weighted by atomic mass is 9.95. The predicted octanol–water partition coefficient (Wildman–Crippen LogP) is 8.86. The van der Waals surface area contributed by atoms with Crippen molar-refractivity contribution < 1.29 is 40.7 Å². The Labute approximate surface area is 279 Å². The van der Waals surface area contributed by atoms with Crippen LogP contribution in [0.25, 0.3) is 22.0 Å². The van der Waals surface area contributed by atoms with Crippen LogP contribution in [0.4, 0.5) is 32.0 Å². The van der Waals surface area contributed by atoms with Gasteiger partial charge < -0.3 is 15.4 Å². The molecule has 0 aliphatic rings. The summed E-state index contributed by atoms with van der Waals surface area (Å²) in [6.45, 7) is 0. The first-order valence-electron chi connectivity index (χ1n) is 14.1. The summed E-state index contributed by atoms with van der Waals surface area (Å²) in [5.74, 6) is -5.91. The molecule has 0 spiro atoms. The summed E-state index contributed by atoms with van der Waals surface area (Å²) in [5, 5.41) is 4.91. The lowest BCUT2D eigenvalue weighted by Gasteiger charge is -2.23. The number of methoxy groups -OCH3 is 1. The van der Waals surface area contributed by atoms with Crippen LogP contribution in [0.5, 0.6) is 0 Å². The van der Waals surface area contributed by atoms with Gasteiger partial charge in [-0.2, -0.15) is 13.2 Å². The number of rotatable bonds is 9. The summed E-state index contributed by atoms with van der Waals surface area (Å²) in [7, 11) is 1.05. The lowest BCUT2D eigenvalue weighted by Crippen LogP contribution is -2.43. The maximum absolute atomic E-state index is 15.2. The van der Waals surface area contributed by atoms with Gasteiger partial charge in [0.2, 0.25) is 0 Å². The normalized spacial score (nSPS) is 12.8. The molecule has 0 saturated carbocycles. The summed E-state index contributed by atoms with van der Waals surface area (Å²) >= 11 is 12.6. The third kappa shape index (κ3) is 7.34. The number of nitrogens with one attached hydrogen (secondary N) is 2. The third-order valence-corrected chi connectivity index (χ3v) is 7.98. The van der Waals surface area contributed by atoms with Crippen LogP contribution < -0.4 is 10.6 Å². The monoisotopic (exact) mass is 705 g/mol. The Hall–Kier alpha value is -4.81. The van der Waals surface area contributed by atoms with Gasteiger partial charge in [-0.1, -0.05) is 71.7 Å². The van der Waals surface area contributed by atoms with Gasteiger partial charge in [0.25, 0.3) is 5.91 Å². The van der Waals surface area contributed by atoms with E-state index in [1.54, 1.807) is 24.3 Å². The van der Waals surface area contributed by atoms with Crippen molar-refractivity contribution in [1.82, 2.24) is 10.3 Å². The van der Waals surface area contributed by atoms with E-state index >= 15 is 8.78 Å². The van der Waals surface area contributed by atoms with E-state index in [4.69, 9.17) is 27.9 Å². The van der Waals surface area contributed by atoms with E-state index in [1.807, 2.05) is 0 Å². The third-order valence-electron chi connectivity index (χ3n) is 7.38. The Bertz CT molecular complexity index is 1960. The molecule has 6 nitrogen and oxygen atoms in total. The second-order valence-corrected chi connectivity index (χ2v) is 11.3. The number of hydrogen-bond donors (Lipinski definition) is 2. The van der Waals surface area contributed by atoms with Crippen LogP contribution in [-0.2, 0) is 16.0 Å². The van der Waals surface area contributed by atoms with Crippen molar-refractivity contribution in [2.24, 2.45) is 0 Å². The Morgan fingerprint density at radius 1 is 0.896 bits per heavy atom. The highest BCUT2D eigenvalue weighted by Crippen LogP contribution is 2.40. The number of pyridine rings is 1. The fourth-order valence-electron chi connectivity index (χ4n) is 5.24. The maximum Gasteiger partial charge on any atom is 0.412 e. The topological polar surface area (TPSA) is 80.3 Å². The molecule has 1 amide bonds. The largest absolute Gasteiger partial charge is 0.467 e. The fourth-order valence-corrected chi connectivity index (χ4v) is 5.90. The average molecular weight is 706 g/mol. The molecule has 0 saturated heterocycles. The van der Waals surface area contributed by atoms with Gasteiger partial charge in [-0.05, 0) is 47.0 Å². The molecule has 5 rings (SSSR count). The molecule has 4 aromatic carbocycles. The molecule has 2 N–H and O–H groups in total. The zero-order valence-corrected chi connectivity index (χ0v) is 26.2. The smallest absolute Gasteiger partial charge is 0.412 e. The first-order valence-corrected chi connectivity index (χ1v) is 14.8. The van der Waals surface area contributed by atoms with E-state index in [0.29, 0.717) is 39.7 Å². The van der Waals surface area contributed by atoms with Crippen LogP contribution in [0, 0.1) is 17.5 Å². The number of esters is 1. The Kier molecular flexibility index (Phi) is 10.2. The predicted molar refractivity (Wildman–Crippen MR) is 169 cm³/mol. The summed E-state index contributed by atoms with van der Waals surface area (Å²) in [4.78, 5) is 30.3. The second-order valence-electron chi connectivity index (χ2n) is 10.5.